The fraction of sp³-hybridized carbons (Fsp3) is 0.286. The highest BCUT2D eigenvalue weighted by Gasteiger charge is 2.69. The lowest BCUT2D eigenvalue weighted by Gasteiger charge is -2.70. The zero-order valence-electron chi connectivity index (χ0n) is 15.8. The number of hydrogen-bond donors (Lipinski definition) is 2. The van der Waals surface area contributed by atoms with Gasteiger partial charge in [0.25, 0.3) is 17.7 Å². The van der Waals surface area contributed by atoms with E-state index in [4.69, 9.17) is 32.5 Å². The van der Waals surface area contributed by atoms with Crippen molar-refractivity contribution in [1.29, 1.82) is 0 Å². The molecule has 0 radical (unpaired) electrons. The lowest BCUT2D eigenvalue weighted by Crippen LogP contribution is -2.81. The first kappa shape index (κ1) is 19.2. The van der Waals surface area contributed by atoms with E-state index >= 15 is 0 Å². The van der Waals surface area contributed by atoms with Gasteiger partial charge in [-0.3, -0.25) is 4.79 Å². The molecule has 3 aromatic rings. The van der Waals surface area contributed by atoms with E-state index in [-0.39, 0.29) is 23.6 Å². The van der Waals surface area contributed by atoms with E-state index in [0.29, 0.717) is 27.6 Å². The molecular formula is C21H18Cl2N4O3. The molecule has 0 aliphatic heterocycles. The summed E-state index contributed by atoms with van der Waals surface area (Å²) in [5, 5.41) is 11.7. The number of ether oxygens (including phenoxy) is 1. The maximum absolute atomic E-state index is 12.2. The van der Waals surface area contributed by atoms with Gasteiger partial charge in [0.05, 0.1) is 0 Å². The molecule has 7 nitrogen and oxygen atoms in total. The van der Waals surface area contributed by atoms with Crippen LogP contribution in [-0.2, 0) is 4.79 Å². The highest BCUT2D eigenvalue weighted by Crippen LogP contribution is 2.61. The van der Waals surface area contributed by atoms with Gasteiger partial charge in [-0.25, -0.2) is 0 Å². The second kappa shape index (κ2) is 7.18. The molecule has 0 saturated heterocycles. The minimum atomic E-state index is -0.170. The minimum Gasteiger partial charge on any atom is -0.484 e. The van der Waals surface area contributed by atoms with Crippen molar-refractivity contribution < 1.29 is 14.1 Å². The molecule has 9 heteroatoms. The maximum atomic E-state index is 12.2. The Hall–Kier alpha value is -2.77. The van der Waals surface area contributed by atoms with Crippen molar-refractivity contribution in [1.82, 2.24) is 15.5 Å². The van der Waals surface area contributed by atoms with Gasteiger partial charge in [0.1, 0.15) is 5.75 Å². The van der Waals surface area contributed by atoms with Gasteiger partial charge in [-0.05, 0) is 73.0 Å². The zero-order chi connectivity index (χ0) is 20.8. The predicted molar refractivity (Wildman–Crippen MR) is 113 cm³/mol. The topological polar surface area (TPSA) is 89.3 Å². The molecule has 1 amide bonds. The molecule has 0 atom stereocenters. The standard InChI is InChI=1S/C21H18Cl2N4O3/c22-14-3-1-13(2-4-14)18-24-19(27-30-18)26-21-10-20(11-21,12-21)25-17(28)9-29-16-7-5-15(23)6-8-16/h1-8H,9-12H2,(H,25,28)(H,26,27). The van der Waals surface area contributed by atoms with Crippen molar-refractivity contribution in [2.45, 2.75) is 30.3 Å². The summed E-state index contributed by atoms with van der Waals surface area (Å²) in [5.74, 6) is 1.36. The molecular weight excluding hydrogens is 427 g/mol. The van der Waals surface area contributed by atoms with Crippen LogP contribution in [0.25, 0.3) is 11.5 Å². The summed E-state index contributed by atoms with van der Waals surface area (Å²) in [4.78, 5) is 16.6. The summed E-state index contributed by atoms with van der Waals surface area (Å²) in [6, 6.07) is 14.1. The molecule has 3 aliphatic rings. The minimum absolute atomic E-state index is 0.0287. The van der Waals surface area contributed by atoms with Crippen LogP contribution in [0.4, 0.5) is 5.95 Å². The summed E-state index contributed by atoms with van der Waals surface area (Å²) >= 11 is 11.7. The van der Waals surface area contributed by atoms with Crippen LogP contribution < -0.4 is 15.4 Å². The molecule has 2 N–H and O–H groups in total. The molecule has 30 heavy (non-hydrogen) atoms. The smallest absolute Gasteiger partial charge is 0.264 e. The number of carbonyl (C=O) groups is 1. The molecule has 1 aromatic heterocycles. The number of nitrogens with one attached hydrogen (secondary N) is 2. The van der Waals surface area contributed by atoms with Crippen LogP contribution in [0.15, 0.2) is 53.1 Å². The fourth-order valence-corrected chi connectivity index (χ4v) is 4.54. The molecule has 6 rings (SSSR count). The molecule has 3 fully saturated rings. The lowest BCUT2D eigenvalue weighted by atomic mass is 9.44. The Labute approximate surface area is 182 Å². The third-order valence-electron chi connectivity index (χ3n) is 5.51. The van der Waals surface area contributed by atoms with Gasteiger partial charge in [0.15, 0.2) is 6.61 Å². The third kappa shape index (κ3) is 3.70. The molecule has 0 spiro atoms. The van der Waals surface area contributed by atoms with Crippen LogP contribution >= 0.6 is 23.2 Å². The number of aromatic nitrogens is 2. The number of benzene rings is 2. The average Bonchev–Trinajstić information content (AvgIpc) is 3.14. The largest absolute Gasteiger partial charge is 0.484 e. The van der Waals surface area contributed by atoms with E-state index in [9.17, 15) is 4.79 Å². The maximum Gasteiger partial charge on any atom is 0.264 e. The Morgan fingerprint density at radius 1 is 1.00 bits per heavy atom. The summed E-state index contributed by atoms with van der Waals surface area (Å²) in [7, 11) is 0. The van der Waals surface area contributed by atoms with E-state index < -0.39 is 0 Å². The van der Waals surface area contributed by atoms with E-state index in [1.54, 1.807) is 36.4 Å². The third-order valence-corrected chi connectivity index (χ3v) is 6.02. The normalized spacial score (nSPS) is 23.8. The Bertz CT molecular complexity index is 1060. The fourth-order valence-electron chi connectivity index (χ4n) is 4.29. The van der Waals surface area contributed by atoms with Crippen molar-refractivity contribution in [3.8, 4) is 17.2 Å². The van der Waals surface area contributed by atoms with Crippen molar-refractivity contribution in [2.24, 2.45) is 0 Å². The van der Waals surface area contributed by atoms with Crippen LogP contribution in [0.1, 0.15) is 19.3 Å². The van der Waals surface area contributed by atoms with Gasteiger partial charge in [0.2, 0.25) is 0 Å². The summed E-state index contributed by atoms with van der Waals surface area (Å²) < 4.78 is 10.8. The van der Waals surface area contributed by atoms with E-state index in [1.807, 2.05) is 12.1 Å². The SMILES string of the molecule is O=C(COc1ccc(Cl)cc1)NC12CC(Nc3noc(-c4ccc(Cl)cc4)n3)(C1)C2. The number of hydrogen-bond acceptors (Lipinski definition) is 6. The number of halogens is 2. The van der Waals surface area contributed by atoms with E-state index in [2.05, 4.69) is 20.8 Å². The molecule has 154 valence electrons. The molecule has 3 saturated carbocycles. The van der Waals surface area contributed by atoms with Crippen LogP contribution in [0.2, 0.25) is 10.0 Å². The Morgan fingerprint density at radius 2 is 1.63 bits per heavy atom. The zero-order valence-corrected chi connectivity index (χ0v) is 17.3. The monoisotopic (exact) mass is 444 g/mol. The second-order valence-electron chi connectivity index (χ2n) is 7.94. The highest BCUT2D eigenvalue weighted by atomic mass is 35.5. The quantitative estimate of drug-likeness (QED) is 0.563. The van der Waals surface area contributed by atoms with Crippen LogP contribution in [0.3, 0.4) is 0 Å². The van der Waals surface area contributed by atoms with Crippen LogP contribution in [-0.4, -0.2) is 33.7 Å². The van der Waals surface area contributed by atoms with Gasteiger partial charge in [0, 0.05) is 26.7 Å². The molecule has 0 unspecified atom stereocenters. The number of nitrogens with zero attached hydrogens (tertiary/aromatic N) is 2. The number of anilines is 1. The number of rotatable bonds is 7. The molecule has 3 aliphatic carbocycles. The highest BCUT2D eigenvalue weighted by molar-refractivity contribution is 6.30. The van der Waals surface area contributed by atoms with Gasteiger partial charge in [-0.1, -0.05) is 23.2 Å². The average molecular weight is 445 g/mol. The summed E-state index contributed by atoms with van der Waals surface area (Å²) in [6.45, 7) is -0.0287. The number of amides is 1. The molecule has 2 aromatic carbocycles. The second-order valence-corrected chi connectivity index (χ2v) is 8.81. The predicted octanol–water partition coefficient (Wildman–Crippen LogP) is 4.33. The molecule has 2 bridgehead atoms. The first-order valence-corrected chi connectivity index (χ1v) is 10.3. The Balaban J connectivity index is 1.11. The Morgan fingerprint density at radius 3 is 2.30 bits per heavy atom. The lowest BCUT2D eigenvalue weighted by molar-refractivity contribution is -0.135. The van der Waals surface area contributed by atoms with Crippen molar-refractivity contribution in [2.75, 3.05) is 11.9 Å². The van der Waals surface area contributed by atoms with E-state index in [0.717, 1.165) is 24.8 Å². The van der Waals surface area contributed by atoms with Gasteiger partial charge in [-0.2, -0.15) is 4.98 Å². The van der Waals surface area contributed by atoms with Gasteiger partial charge in [-0.15, -0.1) is 0 Å². The van der Waals surface area contributed by atoms with Crippen molar-refractivity contribution >= 4 is 35.1 Å². The molecule has 1 heterocycles. The van der Waals surface area contributed by atoms with Gasteiger partial charge < -0.3 is 19.9 Å². The van der Waals surface area contributed by atoms with Gasteiger partial charge >= 0.3 is 0 Å². The summed E-state index contributed by atoms with van der Waals surface area (Å²) in [5.41, 5.74) is 0.545. The summed E-state index contributed by atoms with van der Waals surface area (Å²) in [6.07, 6.45) is 2.45. The first-order valence-electron chi connectivity index (χ1n) is 9.50. The van der Waals surface area contributed by atoms with Crippen LogP contribution in [0.5, 0.6) is 5.75 Å². The first-order chi connectivity index (χ1) is 14.4. The Kier molecular flexibility index (Phi) is 4.60. The van der Waals surface area contributed by atoms with E-state index in [1.165, 1.54) is 0 Å². The van der Waals surface area contributed by atoms with Crippen molar-refractivity contribution in [3.05, 3.63) is 58.6 Å². The van der Waals surface area contributed by atoms with Crippen molar-refractivity contribution in [3.63, 3.8) is 0 Å². The number of carbonyl (C=O) groups excluding carboxylic acids is 1. The van der Waals surface area contributed by atoms with Crippen LogP contribution in [0, 0.1) is 0 Å².